The summed E-state index contributed by atoms with van der Waals surface area (Å²) in [4.78, 5) is 11.3. The summed E-state index contributed by atoms with van der Waals surface area (Å²) in [7, 11) is -3.25. The summed E-state index contributed by atoms with van der Waals surface area (Å²) in [6, 6.07) is 4.40. The minimum Gasteiger partial charge on any atom is -0.294 e. The fourth-order valence-corrected chi connectivity index (χ4v) is 2.18. The van der Waals surface area contributed by atoms with Crippen LogP contribution in [-0.4, -0.2) is 20.5 Å². The Hall–Kier alpha value is -0.680. The third-order valence-electron chi connectivity index (χ3n) is 1.75. The van der Waals surface area contributed by atoms with Gasteiger partial charge in [-0.05, 0) is 25.1 Å². The molecular weight excluding hydrogens is 268 g/mol. The van der Waals surface area contributed by atoms with E-state index in [1.807, 2.05) is 0 Å². The van der Waals surface area contributed by atoms with Crippen LogP contribution >= 0.6 is 15.9 Å². The molecule has 0 aliphatic carbocycles. The van der Waals surface area contributed by atoms with Crippen molar-refractivity contribution in [1.29, 1.82) is 0 Å². The summed E-state index contributed by atoms with van der Waals surface area (Å²) >= 11 is 3.18. The molecule has 0 aliphatic rings. The zero-order chi connectivity index (χ0) is 10.9. The van der Waals surface area contributed by atoms with E-state index in [-0.39, 0.29) is 10.7 Å². The Kier molecular flexibility index (Phi) is 3.11. The number of Topliss-reactive ketones (excluding diaryl/α,β-unsaturated/α-hetero) is 1. The summed E-state index contributed by atoms with van der Waals surface area (Å²) in [5, 5.41) is 0. The van der Waals surface area contributed by atoms with Crippen molar-refractivity contribution in [2.45, 2.75) is 11.8 Å². The van der Waals surface area contributed by atoms with Crippen molar-refractivity contribution >= 4 is 31.6 Å². The first-order valence-electron chi connectivity index (χ1n) is 3.83. The molecule has 0 aliphatic heterocycles. The van der Waals surface area contributed by atoms with E-state index in [0.29, 0.717) is 10.0 Å². The Labute approximate surface area is 91.2 Å². The van der Waals surface area contributed by atoms with Gasteiger partial charge in [0.05, 0.1) is 4.90 Å². The van der Waals surface area contributed by atoms with Crippen LogP contribution in [0.15, 0.2) is 27.6 Å². The van der Waals surface area contributed by atoms with Crippen molar-refractivity contribution in [3.63, 3.8) is 0 Å². The quantitative estimate of drug-likeness (QED) is 0.777. The van der Waals surface area contributed by atoms with Crippen LogP contribution in [0.4, 0.5) is 0 Å². The summed E-state index contributed by atoms with van der Waals surface area (Å²) in [5.41, 5.74) is 0.382. The SMILES string of the molecule is CC(=O)c1cc(S(C)(=O)=O)ccc1Br. The van der Waals surface area contributed by atoms with E-state index < -0.39 is 9.84 Å². The van der Waals surface area contributed by atoms with Crippen molar-refractivity contribution in [2.75, 3.05) is 6.26 Å². The van der Waals surface area contributed by atoms with Crippen molar-refractivity contribution in [3.05, 3.63) is 28.2 Å². The molecular formula is C9H9BrO3S. The molecule has 0 N–H and O–H groups in total. The Bertz CT molecular complexity index is 477. The summed E-state index contributed by atoms with van der Waals surface area (Å²) < 4.78 is 23.0. The summed E-state index contributed by atoms with van der Waals surface area (Å²) in [6.07, 6.45) is 1.11. The van der Waals surface area contributed by atoms with E-state index in [0.717, 1.165) is 6.26 Å². The number of rotatable bonds is 2. The number of sulfone groups is 1. The van der Waals surface area contributed by atoms with Crippen LogP contribution in [0.3, 0.4) is 0 Å². The monoisotopic (exact) mass is 276 g/mol. The highest BCUT2D eigenvalue weighted by molar-refractivity contribution is 9.10. The Morgan fingerprint density at radius 2 is 1.93 bits per heavy atom. The second kappa shape index (κ2) is 3.82. The Morgan fingerprint density at radius 1 is 1.36 bits per heavy atom. The lowest BCUT2D eigenvalue weighted by molar-refractivity contribution is 0.101. The van der Waals surface area contributed by atoms with Gasteiger partial charge in [-0.1, -0.05) is 15.9 Å². The first kappa shape index (κ1) is 11.4. The fraction of sp³-hybridized carbons (Fsp3) is 0.222. The molecule has 1 aromatic rings. The van der Waals surface area contributed by atoms with E-state index in [2.05, 4.69) is 15.9 Å². The lowest BCUT2D eigenvalue weighted by atomic mass is 10.1. The van der Waals surface area contributed by atoms with Crippen LogP contribution in [0.25, 0.3) is 0 Å². The van der Waals surface area contributed by atoms with Gasteiger partial charge in [-0.3, -0.25) is 4.79 Å². The molecule has 1 aromatic carbocycles. The van der Waals surface area contributed by atoms with Crippen molar-refractivity contribution in [2.24, 2.45) is 0 Å². The summed E-state index contributed by atoms with van der Waals surface area (Å²) in [5.74, 6) is -0.164. The number of benzene rings is 1. The molecule has 0 spiro atoms. The molecule has 0 amide bonds. The molecule has 5 heteroatoms. The highest BCUT2D eigenvalue weighted by Crippen LogP contribution is 2.21. The number of ketones is 1. The maximum Gasteiger partial charge on any atom is 0.175 e. The first-order chi connectivity index (χ1) is 6.32. The van der Waals surface area contributed by atoms with E-state index in [9.17, 15) is 13.2 Å². The van der Waals surface area contributed by atoms with Gasteiger partial charge < -0.3 is 0 Å². The Morgan fingerprint density at radius 3 is 2.36 bits per heavy atom. The molecule has 0 bridgehead atoms. The van der Waals surface area contributed by atoms with E-state index >= 15 is 0 Å². The molecule has 0 heterocycles. The van der Waals surface area contributed by atoms with Crippen LogP contribution in [0, 0.1) is 0 Å². The van der Waals surface area contributed by atoms with Crippen molar-refractivity contribution in [1.82, 2.24) is 0 Å². The first-order valence-corrected chi connectivity index (χ1v) is 6.51. The van der Waals surface area contributed by atoms with Crippen molar-refractivity contribution in [3.8, 4) is 0 Å². The van der Waals surface area contributed by atoms with Gasteiger partial charge in [0.25, 0.3) is 0 Å². The highest BCUT2D eigenvalue weighted by Gasteiger charge is 2.11. The number of halogens is 1. The van der Waals surface area contributed by atoms with Crippen LogP contribution in [0.2, 0.25) is 0 Å². The molecule has 14 heavy (non-hydrogen) atoms. The molecule has 0 radical (unpaired) electrons. The third kappa shape index (κ3) is 2.42. The number of carbonyl (C=O) groups is 1. The number of hydrogen-bond acceptors (Lipinski definition) is 3. The molecule has 0 atom stereocenters. The maximum absolute atomic E-state index is 11.2. The standard InChI is InChI=1S/C9H9BrO3S/c1-6(11)8-5-7(14(2,12)13)3-4-9(8)10/h3-5H,1-2H3. The normalized spacial score (nSPS) is 11.4. The molecule has 0 saturated heterocycles. The van der Waals surface area contributed by atoms with Crippen LogP contribution in [0.1, 0.15) is 17.3 Å². The number of carbonyl (C=O) groups excluding carboxylic acids is 1. The van der Waals surface area contributed by atoms with Crippen LogP contribution in [-0.2, 0) is 9.84 Å². The average Bonchev–Trinajstić information content (AvgIpc) is 2.02. The average molecular weight is 277 g/mol. The largest absolute Gasteiger partial charge is 0.294 e. The highest BCUT2D eigenvalue weighted by atomic mass is 79.9. The lowest BCUT2D eigenvalue weighted by Crippen LogP contribution is -2.01. The van der Waals surface area contributed by atoms with Gasteiger partial charge in [-0.25, -0.2) is 8.42 Å². The third-order valence-corrected chi connectivity index (χ3v) is 3.55. The summed E-state index contributed by atoms with van der Waals surface area (Å²) in [6.45, 7) is 1.39. The predicted octanol–water partition coefficient (Wildman–Crippen LogP) is 2.06. The zero-order valence-electron chi connectivity index (χ0n) is 7.74. The topological polar surface area (TPSA) is 51.2 Å². The smallest absolute Gasteiger partial charge is 0.175 e. The molecule has 76 valence electrons. The molecule has 0 saturated carbocycles. The van der Waals surface area contributed by atoms with Crippen LogP contribution < -0.4 is 0 Å². The van der Waals surface area contributed by atoms with Gasteiger partial charge in [0.15, 0.2) is 15.6 Å². The van der Waals surface area contributed by atoms with E-state index in [1.165, 1.54) is 19.1 Å². The molecule has 0 aromatic heterocycles. The lowest BCUT2D eigenvalue weighted by Gasteiger charge is -2.03. The van der Waals surface area contributed by atoms with Gasteiger partial charge in [-0.2, -0.15) is 0 Å². The minimum atomic E-state index is -3.25. The molecule has 1 rings (SSSR count). The second-order valence-corrected chi connectivity index (χ2v) is 5.84. The Balaban J connectivity index is 3.42. The van der Waals surface area contributed by atoms with Gasteiger partial charge in [-0.15, -0.1) is 0 Å². The zero-order valence-corrected chi connectivity index (χ0v) is 10.1. The maximum atomic E-state index is 11.2. The molecule has 3 nitrogen and oxygen atoms in total. The fourth-order valence-electron chi connectivity index (χ4n) is 1.00. The minimum absolute atomic E-state index is 0.158. The van der Waals surface area contributed by atoms with Gasteiger partial charge in [0.2, 0.25) is 0 Å². The molecule has 0 unspecified atom stereocenters. The molecule has 0 fully saturated rings. The predicted molar refractivity (Wildman–Crippen MR) is 57.3 cm³/mol. The van der Waals surface area contributed by atoms with Gasteiger partial charge >= 0.3 is 0 Å². The van der Waals surface area contributed by atoms with E-state index in [4.69, 9.17) is 0 Å². The van der Waals surface area contributed by atoms with Crippen LogP contribution in [0.5, 0.6) is 0 Å². The van der Waals surface area contributed by atoms with Crippen molar-refractivity contribution < 1.29 is 13.2 Å². The van der Waals surface area contributed by atoms with Gasteiger partial charge in [0, 0.05) is 16.3 Å². The second-order valence-electron chi connectivity index (χ2n) is 2.97. The van der Waals surface area contributed by atoms with E-state index in [1.54, 1.807) is 6.07 Å². The number of hydrogen-bond donors (Lipinski definition) is 0. The van der Waals surface area contributed by atoms with Gasteiger partial charge in [0.1, 0.15) is 0 Å².